The van der Waals surface area contributed by atoms with Gasteiger partial charge in [-0.25, -0.2) is 0 Å². The summed E-state index contributed by atoms with van der Waals surface area (Å²) in [7, 11) is 1.61. The minimum Gasteiger partial charge on any atom is -0.497 e. The van der Waals surface area contributed by atoms with Gasteiger partial charge < -0.3 is 14.5 Å². The number of nitrogens with zero attached hydrogens (tertiary/aromatic N) is 3. The Balaban J connectivity index is 1.38. The van der Waals surface area contributed by atoms with Crippen molar-refractivity contribution < 1.29 is 18.9 Å². The molecule has 0 radical (unpaired) electrons. The molecule has 0 spiro atoms. The van der Waals surface area contributed by atoms with Crippen molar-refractivity contribution in [3.8, 4) is 17.1 Å². The minimum atomic E-state index is -0.457. The van der Waals surface area contributed by atoms with Crippen molar-refractivity contribution in [1.82, 2.24) is 5.32 Å². The van der Waals surface area contributed by atoms with Crippen molar-refractivity contribution in [2.75, 3.05) is 7.11 Å². The van der Waals surface area contributed by atoms with Gasteiger partial charge in [0, 0.05) is 17.7 Å². The van der Waals surface area contributed by atoms with Crippen LogP contribution in [0.2, 0.25) is 0 Å². The number of hydrogen-bond acceptors (Lipinski definition) is 8. The van der Waals surface area contributed by atoms with Crippen LogP contribution in [0.4, 0.5) is 5.69 Å². The molecule has 3 aromatic rings. The zero-order chi connectivity index (χ0) is 22.5. The second-order valence-electron chi connectivity index (χ2n) is 6.81. The van der Waals surface area contributed by atoms with Gasteiger partial charge >= 0.3 is 0 Å². The Morgan fingerprint density at radius 3 is 2.78 bits per heavy atom. The molecule has 10 heteroatoms. The summed E-state index contributed by atoms with van der Waals surface area (Å²) in [4.78, 5) is 22.7. The van der Waals surface area contributed by atoms with Crippen LogP contribution in [0, 0.1) is 10.1 Å². The summed E-state index contributed by atoms with van der Waals surface area (Å²) in [6.07, 6.45) is 1.81. The number of benzene rings is 2. The van der Waals surface area contributed by atoms with Gasteiger partial charge in [-0.05, 0) is 48.4 Å². The summed E-state index contributed by atoms with van der Waals surface area (Å²) >= 11 is 1.23. The van der Waals surface area contributed by atoms with Gasteiger partial charge in [0.25, 0.3) is 5.69 Å². The fourth-order valence-electron chi connectivity index (χ4n) is 3.07. The molecule has 1 aliphatic heterocycles. The molecule has 1 saturated heterocycles. The van der Waals surface area contributed by atoms with E-state index >= 15 is 0 Å². The first-order chi connectivity index (χ1) is 15.5. The Morgan fingerprint density at radius 2 is 2.03 bits per heavy atom. The number of amides is 1. The minimum absolute atomic E-state index is 0.00291. The number of furan rings is 1. The summed E-state index contributed by atoms with van der Waals surface area (Å²) in [5.74, 6) is 1.75. The molecule has 1 fully saturated rings. The number of nitro benzene ring substituents is 1. The lowest BCUT2D eigenvalue weighted by Gasteiger charge is -2.04. The van der Waals surface area contributed by atoms with Gasteiger partial charge in [-0.2, -0.15) is 5.10 Å². The highest BCUT2D eigenvalue weighted by atomic mass is 32.2. The summed E-state index contributed by atoms with van der Waals surface area (Å²) < 4.78 is 10.9. The SMILES string of the molecule is COc1ccc(-c2ccc(/C=N\N=C3/NC(=O)[C@H](Cc4cccc([N+](=O)[O-])c4)S3)o2)cc1. The number of nitrogens with one attached hydrogen (secondary N) is 1. The highest BCUT2D eigenvalue weighted by Gasteiger charge is 2.30. The second-order valence-corrected chi connectivity index (χ2v) is 8.00. The van der Waals surface area contributed by atoms with E-state index in [1.807, 2.05) is 30.3 Å². The second kappa shape index (κ2) is 9.48. The van der Waals surface area contributed by atoms with E-state index in [1.54, 1.807) is 25.3 Å². The van der Waals surface area contributed by atoms with Crippen LogP contribution < -0.4 is 10.1 Å². The molecule has 1 N–H and O–H groups in total. The first-order valence-electron chi connectivity index (χ1n) is 9.58. The maximum atomic E-state index is 12.2. The number of carbonyl (C=O) groups is 1. The van der Waals surface area contributed by atoms with E-state index in [4.69, 9.17) is 9.15 Å². The van der Waals surface area contributed by atoms with E-state index in [2.05, 4.69) is 15.5 Å². The Hall–Kier alpha value is -3.92. The molecule has 1 aromatic heterocycles. The van der Waals surface area contributed by atoms with Gasteiger partial charge in [0.2, 0.25) is 5.91 Å². The van der Waals surface area contributed by atoms with E-state index in [0.29, 0.717) is 28.7 Å². The van der Waals surface area contributed by atoms with Crippen LogP contribution in [-0.4, -0.2) is 34.6 Å². The van der Waals surface area contributed by atoms with Gasteiger partial charge in [-0.15, -0.1) is 5.10 Å². The molecule has 1 amide bonds. The maximum absolute atomic E-state index is 12.2. The average molecular weight is 450 g/mol. The van der Waals surface area contributed by atoms with Gasteiger partial charge in [0.1, 0.15) is 17.3 Å². The topological polar surface area (TPSA) is 119 Å². The zero-order valence-electron chi connectivity index (χ0n) is 16.9. The fraction of sp³-hybridized carbons (Fsp3) is 0.136. The molecular weight excluding hydrogens is 432 g/mol. The molecule has 0 saturated carbocycles. The predicted molar refractivity (Wildman–Crippen MR) is 122 cm³/mol. The van der Waals surface area contributed by atoms with Crippen LogP contribution >= 0.6 is 11.8 Å². The van der Waals surface area contributed by atoms with Crippen molar-refractivity contribution >= 4 is 34.7 Å². The van der Waals surface area contributed by atoms with E-state index in [-0.39, 0.29) is 11.6 Å². The monoisotopic (exact) mass is 450 g/mol. The summed E-state index contributed by atoms with van der Waals surface area (Å²) in [6.45, 7) is 0. The average Bonchev–Trinajstić information content (AvgIpc) is 3.41. The Kier molecular flexibility index (Phi) is 6.31. The van der Waals surface area contributed by atoms with Gasteiger partial charge in [-0.3, -0.25) is 14.9 Å². The summed E-state index contributed by atoms with van der Waals surface area (Å²) in [5.41, 5.74) is 1.61. The summed E-state index contributed by atoms with van der Waals surface area (Å²) in [6, 6.07) is 17.3. The maximum Gasteiger partial charge on any atom is 0.269 e. The first kappa shape index (κ1) is 21.3. The Bertz CT molecular complexity index is 1200. The number of non-ortho nitro benzene ring substituents is 1. The van der Waals surface area contributed by atoms with E-state index in [1.165, 1.54) is 30.1 Å². The molecule has 0 bridgehead atoms. The van der Waals surface area contributed by atoms with Crippen LogP contribution in [0.5, 0.6) is 5.75 Å². The van der Waals surface area contributed by atoms with Gasteiger partial charge in [0.15, 0.2) is 5.17 Å². The molecule has 0 aliphatic carbocycles. The van der Waals surface area contributed by atoms with Crippen LogP contribution in [0.1, 0.15) is 11.3 Å². The van der Waals surface area contributed by atoms with Gasteiger partial charge in [0.05, 0.1) is 23.5 Å². The molecule has 162 valence electrons. The van der Waals surface area contributed by atoms with Crippen molar-refractivity contribution in [1.29, 1.82) is 0 Å². The zero-order valence-corrected chi connectivity index (χ0v) is 17.7. The lowest BCUT2D eigenvalue weighted by molar-refractivity contribution is -0.384. The van der Waals surface area contributed by atoms with E-state index in [9.17, 15) is 14.9 Å². The largest absolute Gasteiger partial charge is 0.497 e. The first-order valence-corrected chi connectivity index (χ1v) is 10.5. The molecule has 0 unspecified atom stereocenters. The van der Waals surface area contributed by atoms with Crippen molar-refractivity contribution in [2.24, 2.45) is 10.2 Å². The molecular formula is C22H18N4O5S. The third kappa shape index (κ3) is 5.03. The van der Waals surface area contributed by atoms with Crippen molar-refractivity contribution in [2.45, 2.75) is 11.7 Å². The van der Waals surface area contributed by atoms with Crippen LogP contribution in [0.25, 0.3) is 11.3 Å². The molecule has 4 rings (SSSR count). The summed E-state index contributed by atoms with van der Waals surface area (Å²) in [5, 5.41) is 21.6. The Morgan fingerprint density at radius 1 is 1.22 bits per heavy atom. The van der Waals surface area contributed by atoms with E-state index in [0.717, 1.165) is 11.3 Å². The highest BCUT2D eigenvalue weighted by molar-refractivity contribution is 8.15. The van der Waals surface area contributed by atoms with Crippen molar-refractivity contribution in [3.05, 3.63) is 82.1 Å². The normalized spacial score (nSPS) is 17.1. The molecule has 2 aromatic carbocycles. The third-order valence-electron chi connectivity index (χ3n) is 4.65. The molecule has 32 heavy (non-hydrogen) atoms. The number of carbonyl (C=O) groups excluding carboxylic acids is 1. The van der Waals surface area contributed by atoms with Crippen LogP contribution in [0.3, 0.4) is 0 Å². The quantitative estimate of drug-likeness (QED) is 0.330. The standard InChI is InChI=1S/C22H18N4O5S/c1-30-17-7-5-15(6-8-17)19-10-9-18(31-19)13-23-25-22-24-21(27)20(32-22)12-14-3-2-4-16(11-14)26(28)29/h2-11,13,20H,12H2,1H3,(H,24,25,27)/b23-13-/t20-/m0/s1. The van der Waals surface area contributed by atoms with E-state index < -0.39 is 10.2 Å². The molecule has 1 aliphatic rings. The Labute approximate surface area is 187 Å². The molecule has 1 atom stereocenters. The van der Waals surface area contributed by atoms with Crippen molar-refractivity contribution in [3.63, 3.8) is 0 Å². The number of rotatable bonds is 7. The number of amidine groups is 1. The number of methoxy groups -OCH3 is 1. The van der Waals surface area contributed by atoms with Gasteiger partial charge in [-0.1, -0.05) is 23.9 Å². The van der Waals surface area contributed by atoms with Crippen LogP contribution in [-0.2, 0) is 11.2 Å². The lowest BCUT2D eigenvalue weighted by Crippen LogP contribution is -2.25. The smallest absolute Gasteiger partial charge is 0.269 e. The number of nitro groups is 1. The lowest BCUT2D eigenvalue weighted by atomic mass is 10.1. The predicted octanol–water partition coefficient (Wildman–Crippen LogP) is 4.03. The highest BCUT2D eigenvalue weighted by Crippen LogP contribution is 2.26. The third-order valence-corrected chi connectivity index (χ3v) is 5.73. The molecule has 2 heterocycles. The fourth-order valence-corrected chi connectivity index (χ4v) is 4.03. The number of thioether (sulfide) groups is 1. The number of hydrogen-bond donors (Lipinski definition) is 1. The van der Waals surface area contributed by atoms with Crippen LogP contribution in [0.15, 0.2) is 75.3 Å². The number of ether oxygens (including phenoxy) is 1. The molecule has 9 nitrogen and oxygen atoms in total.